The van der Waals surface area contributed by atoms with Gasteiger partial charge in [0.2, 0.25) is 0 Å². The molecule has 2 aliphatic heterocycles. The summed E-state index contributed by atoms with van der Waals surface area (Å²) >= 11 is 0. The Morgan fingerprint density at radius 1 is 1.24 bits per heavy atom. The van der Waals surface area contributed by atoms with Crippen LogP contribution in [0.4, 0.5) is 21.8 Å². The molecule has 2 saturated heterocycles. The number of halogens is 1. The molecule has 5 rings (SSSR count). The molecule has 0 amide bonds. The largest absolute Gasteiger partial charge is 0.465 e. The molecule has 2 aliphatic rings. The lowest BCUT2D eigenvalue weighted by Gasteiger charge is -2.39. The second-order valence-electron chi connectivity index (χ2n) is 8.82. The Bertz CT molecular complexity index is 1150. The second-order valence-corrected chi connectivity index (χ2v) is 8.82. The minimum atomic E-state index is -0.442. The van der Waals surface area contributed by atoms with Crippen LogP contribution in [0.1, 0.15) is 41.7 Å². The van der Waals surface area contributed by atoms with Crippen LogP contribution in [0.3, 0.4) is 0 Å². The summed E-state index contributed by atoms with van der Waals surface area (Å²) in [6.07, 6.45) is 5.58. The summed E-state index contributed by atoms with van der Waals surface area (Å²) in [5.41, 5.74) is 2.01. The van der Waals surface area contributed by atoms with Gasteiger partial charge in [0.15, 0.2) is 5.82 Å². The van der Waals surface area contributed by atoms with Crippen LogP contribution in [0.2, 0.25) is 0 Å². The van der Waals surface area contributed by atoms with Crippen molar-refractivity contribution in [3.05, 3.63) is 35.7 Å². The number of piperidine rings is 1. The minimum Gasteiger partial charge on any atom is -0.465 e. The van der Waals surface area contributed by atoms with Crippen molar-refractivity contribution < 1.29 is 13.9 Å². The van der Waals surface area contributed by atoms with E-state index in [1.807, 2.05) is 19.1 Å². The maximum Gasteiger partial charge on any atom is 0.339 e. The molecule has 9 nitrogen and oxygen atoms in total. The lowest BCUT2D eigenvalue weighted by molar-refractivity contribution is 0.0600. The number of aryl methyl sites for hydroxylation is 1. The van der Waals surface area contributed by atoms with E-state index in [1.54, 1.807) is 6.07 Å². The molecule has 10 heteroatoms. The van der Waals surface area contributed by atoms with E-state index in [0.29, 0.717) is 47.2 Å². The maximum atomic E-state index is 13.0. The van der Waals surface area contributed by atoms with Crippen LogP contribution in [0.25, 0.3) is 10.9 Å². The summed E-state index contributed by atoms with van der Waals surface area (Å²) in [7, 11) is 1.35. The number of hydrogen-bond acceptors (Lipinski definition) is 8. The molecule has 0 radical (unpaired) electrons. The number of fused-ring (bicyclic) bond motifs is 3. The third-order valence-electron chi connectivity index (χ3n) is 6.63. The number of hydrogen-bond donors (Lipinski definition) is 3. The smallest absolute Gasteiger partial charge is 0.339 e. The van der Waals surface area contributed by atoms with Crippen molar-refractivity contribution in [2.75, 3.05) is 31.0 Å². The lowest BCUT2D eigenvalue weighted by atomic mass is 9.97. The molecule has 0 aliphatic carbocycles. The summed E-state index contributed by atoms with van der Waals surface area (Å²) in [6, 6.07) is 6.47. The van der Waals surface area contributed by atoms with Crippen molar-refractivity contribution >= 4 is 34.3 Å². The van der Waals surface area contributed by atoms with Gasteiger partial charge in [-0.3, -0.25) is 15.0 Å². The van der Waals surface area contributed by atoms with Gasteiger partial charge in [-0.2, -0.15) is 5.10 Å². The molecule has 3 atom stereocenters. The number of rotatable bonds is 7. The van der Waals surface area contributed by atoms with Gasteiger partial charge in [-0.1, -0.05) is 0 Å². The Morgan fingerprint density at radius 2 is 2.03 bits per heavy atom. The van der Waals surface area contributed by atoms with Crippen molar-refractivity contribution in [1.29, 1.82) is 0 Å². The van der Waals surface area contributed by atoms with E-state index in [2.05, 4.69) is 30.7 Å². The Balaban J connectivity index is 1.47. The Morgan fingerprint density at radius 3 is 2.70 bits per heavy atom. The van der Waals surface area contributed by atoms with Gasteiger partial charge >= 0.3 is 5.97 Å². The number of aromatic amines is 1. The first kappa shape index (κ1) is 21.6. The molecule has 5 heterocycles. The molecule has 3 aromatic rings. The van der Waals surface area contributed by atoms with Gasteiger partial charge in [-0.15, -0.1) is 0 Å². The van der Waals surface area contributed by atoms with Gasteiger partial charge in [-0.05, 0) is 38.7 Å². The van der Waals surface area contributed by atoms with E-state index in [4.69, 9.17) is 9.72 Å². The molecule has 2 fully saturated rings. The number of H-pyrrole nitrogens is 1. The van der Waals surface area contributed by atoms with E-state index < -0.39 is 5.97 Å². The van der Waals surface area contributed by atoms with Crippen LogP contribution in [0, 0.1) is 6.92 Å². The van der Waals surface area contributed by atoms with E-state index in [0.717, 1.165) is 36.8 Å². The number of methoxy groups -OCH3 is 1. The standard InChI is InChI=1S/C23H28FN7O2/c1-13-7-21(30-29-13)27-20-11-19-18(8-14(12-25-19)23(32)33-2)22(28-20)26-15-9-16-3-4-17(10-15)31(16)6-5-24/h7-8,11-12,15-17H,3-6,9-10H2,1-2H3,(H3,26,27,28,29,30)/t15?,16-,17+. The first-order valence-corrected chi connectivity index (χ1v) is 11.3. The van der Waals surface area contributed by atoms with Gasteiger partial charge in [0.25, 0.3) is 0 Å². The number of carbonyl (C=O) groups is 1. The van der Waals surface area contributed by atoms with Gasteiger partial charge in [-0.25, -0.2) is 14.2 Å². The molecular weight excluding hydrogens is 425 g/mol. The number of anilines is 3. The fraction of sp³-hybridized carbons (Fsp3) is 0.478. The van der Waals surface area contributed by atoms with Crippen LogP contribution in [-0.2, 0) is 4.74 Å². The first-order chi connectivity index (χ1) is 16.0. The molecule has 0 saturated carbocycles. The predicted octanol–water partition coefficient (Wildman–Crippen LogP) is 3.57. The Labute approximate surface area is 191 Å². The zero-order valence-electron chi connectivity index (χ0n) is 18.8. The highest BCUT2D eigenvalue weighted by Gasteiger charge is 2.40. The molecule has 174 valence electrons. The number of nitrogens with zero attached hydrogens (tertiary/aromatic N) is 4. The number of alkyl halides is 1. The Kier molecular flexibility index (Phi) is 5.84. The lowest BCUT2D eigenvalue weighted by Crippen LogP contribution is -2.47. The first-order valence-electron chi connectivity index (χ1n) is 11.3. The van der Waals surface area contributed by atoms with Crippen LogP contribution in [0.5, 0.6) is 0 Å². The molecule has 3 N–H and O–H groups in total. The topological polar surface area (TPSA) is 108 Å². The van der Waals surface area contributed by atoms with Crippen LogP contribution in [0.15, 0.2) is 24.4 Å². The predicted molar refractivity (Wildman–Crippen MR) is 124 cm³/mol. The highest BCUT2D eigenvalue weighted by Crippen LogP contribution is 2.37. The maximum absolute atomic E-state index is 13.0. The number of carbonyl (C=O) groups excluding carboxylic acids is 1. The zero-order valence-corrected chi connectivity index (χ0v) is 18.8. The third kappa shape index (κ3) is 4.35. The van der Waals surface area contributed by atoms with E-state index in [1.165, 1.54) is 13.3 Å². The molecular formula is C23H28FN7O2. The van der Waals surface area contributed by atoms with Crippen molar-refractivity contribution in [1.82, 2.24) is 25.1 Å². The van der Waals surface area contributed by atoms with Gasteiger partial charge in [0, 0.05) is 54.1 Å². The van der Waals surface area contributed by atoms with E-state index in [9.17, 15) is 9.18 Å². The highest BCUT2D eigenvalue weighted by molar-refractivity contribution is 5.98. The number of nitrogens with one attached hydrogen (secondary N) is 3. The van der Waals surface area contributed by atoms with Gasteiger partial charge < -0.3 is 15.4 Å². The molecule has 33 heavy (non-hydrogen) atoms. The molecule has 2 bridgehead atoms. The van der Waals surface area contributed by atoms with Crippen molar-refractivity contribution in [2.45, 2.75) is 50.7 Å². The average molecular weight is 454 g/mol. The molecule has 0 spiro atoms. The Hall–Kier alpha value is -3.27. The number of esters is 1. The number of aromatic nitrogens is 4. The normalized spacial score (nSPS) is 22.5. The summed E-state index contributed by atoms with van der Waals surface area (Å²) < 4.78 is 17.9. The van der Waals surface area contributed by atoms with Crippen molar-refractivity contribution in [2.24, 2.45) is 0 Å². The quantitative estimate of drug-likeness (QED) is 0.466. The SMILES string of the molecule is COC(=O)c1cnc2cc(Nc3cc(C)[nH]n3)nc(NC3C[C@H]4CC[C@@H](C3)N4CCF)c2c1. The van der Waals surface area contributed by atoms with Gasteiger partial charge in [0.1, 0.15) is 18.3 Å². The molecule has 1 unspecified atom stereocenters. The summed E-state index contributed by atoms with van der Waals surface area (Å²) in [6.45, 7) is 2.14. The fourth-order valence-electron chi connectivity index (χ4n) is 5.19. The average Bonchev–Trinajstić information content (AvgIpc) is 3.31. The molecule has 3 aromatic heterocycles. The summed E-state index contributed by atoms with van der Waals surface area (Å²) in [5.74, 6) is 1.48. The fourth-order valence-corrected chi connectivity index (χ4v) is 5.19. The van der Waals surface area contributed by atoms with E-state index in [-0.39, 0.29) is 12.7 Å². The molecule has 0 aromatic carbocycles. The number of pyridine rings is 2. The van der Waals surface area contributed by atoms with E-state index >= 15 is 0 Å². The highest BCUT2D eigenvalue weighted by atomic mass is 19.1. The monoisotopic (exact) mass is 453 g/mol. The second kappa shape index (κ2) is 8.93. The minimum absolute atomic E-state index is 0.207. The van der Waals surface area contributed by atoms with Crippen LogP contribution >= 0.6 is 0 Å². The van der Waals surface area contributed by atoms with Crippen molar-refractivity contribution in [3.63, 3.8) is 0 Å². The number of ether oxygens (including phenoxy) is 1. The summed E-state index contributed by atoms with van der Waals surface area (Å²) in [4.78, 5) is 23.7. The third-order valence-corrected chi connectivity index (χ3v) is 6.63. The van der Waals surface area contributed by atoms with Crippen LogP contribution in [-0.4, -0.2) is 69.5 Å². The van der Waals surface area contributed by atoms with Crippen LogP contribution < -0.4 is 10.6 Å². The zero-order chi connectivity index (χ0) is 22.9. The van der Waals surface area contributed by atoms with Crippen molar-refractivity contribution in [3.8, 4) is 0 Å². The summed E-state index contributed by atoms with van der Waals surface area (Å²) in [5, 5.41) is 14.7. The van der Waals surface area contributed by atoms with Gasteiger partial charge in [0.05, 0.1) is 18.2 Å².